The molecular weight excluding hydrogens is 204 g/mol. The summed E-state index contributed by atoms with van der Waals surface area (Å²) in [5, 5.41) is 9.98. The van der Waals surface area contributed by atoms with Crippen LogP contribution in [0.5, 0.6) is 0 Å². The molecule has 2 rings (SSSR count). The maximum Gasteiger partial charge on any atom is 0.0835 e. The second-order valence-corrected chi connectivity index (χ2v) is 5.07. The van der Waals surface area contributed by atoms with E-state index >= 15 is 0 Å². The minimum Gasteiger partial charge on any atom is -0.390 e. The van der Waals surface area contributed by atoms with E-state index in [0.717, 1.165) is 38.7 Å². The van der Waals surface area contributed by atoms with Crippen LogP contribution in [0, 0.1) is 0 Å². The van der Waals surface area contributed by atoms with Crippen molar-refractivity contribution in [2.45, 2.75) is 69.7 Å². The molecule has 3 nitrogen and oxygen atoms in total. The first-order valence-corrected chi connectivity index (χ1v) is 6.77. The molecule has 1 aliphatic heterocycles. The molecule has 0 aromatic heterocycles. The highest BCUT2D eigenvalue weighted by atomic mass is 16.5. The number of hydrogen-bond acceptors (Lipinski definition) is 3. The lowest BCUT2D eigenvalue weighted by atomic mass is 9.96. The van der Waals surface area contributed by atoms with E-state index < -0.39 is 0 Å². The third-order valence-corrected chi connectivity index (χ3v) is 3.69. The van der Waals surface area contributed by atoms with Crippen molar-refractivity contribution in [3.05, 3.63) is 0 Å². The van der Waals surface area contributed by atoms with Crippen molar-refractivity contribution in [1.29, 1.82) is 0 Å². The van der Waals surface area contributed by atoms with Crippen molar-refractivity contribution in [2.24, 2.45) is 0 Å². The summed E-state index contributed by atoms with van der Waals surface area (Å²) in [5.41, 5.74) is 0. The van der Waals surface area contributed by atoms with Crippen LogP contribution in [0.2, 0.25) is 0 Å². The summed E-state index contributed by atoms with van der Waals surface area (Å²) >= 11 is 0. The molecule has 0 aromatic carbocycles. The first kappa shape index (κ1) is 12.3. The zero-order valence-electron chi connectivity index (χ0n) is 10.1. The van der Waals surface area contributed by atoms with Gasteiger partial charge in [0.25, 0.3) is 0 Å². The highest BCUT2D eigenvalue weighted by Gasteiger charge is 2.23. The fourth-order valence-corrected chi connectivity index (χ4v) is 2.63. The van der Waals surface area contributed by atoms with E-state index in [2.05, 4.69) is 0 Å². The van der Waals surface area contributed by atoms with Crippen molar-refractivity contribution in [3.8, 4) is 0 Å². The molecular formula is C13H24O3. The Kier molecular flexibility index (Phi) is 5.07. The summed E-state index contributed by atoms with van der Waals surface area (Å²) in [6, 6.07) is 0. The van der Waals surface area contributed by atoms with Gasteiger partial charge >= 0.3 is 0 Å². The van der Waals surface area contributed by atoms with Crippen LogP contribution in [0.1, 0.15) is 51.4 Å². The van der Waals surface area contributed by atoms with E-state index in [4.69, 9.17) is 9.47 Å². The fraction of sp³-hybridized carbons (Fsp3) is 1.00. The van der Waals surface area contributed by atoms with Gasteiger partial charge in [-0.1, -0.05) is 25.7 Å². The third-order valence-electron chi connectivity index (χ3n) is 3.69. The Hall–Kier alpha value is -0.120. The summed E-state index contributed by atoms with van der Waals surface area (Å²) in [6.45, 7) is 1.54. The second kappa shape index (κ2) is 6.58. The van der Waals surface area contributed by atoms with Gasteiger partial charge in [-0.15, -0.1) is 0 Å². The molecule has 1 saturated carbocycles. The van der Waals surface area contributed by atoms with Gasteiger partial charge in [0.05, 0.1) is 24.9 Å². The Bertz CT molecular complexity index is 190. The Labute approximate surface area is 98.1 Å². The zero-order valence-corrected chi connectivity index (χ0v) is 10.1. The Morgan fingerprint density at radius 2 is 1.81 bits per heavy atom. The van der Waals surface area contributed by atoms with E-state index in [1.807, 2.05) is 0 Å². The first-order chi connectivity index (χ1) is 7.86. The van der Waals surface area contributed by atoms with E-state index in [0.29, 0.717) is 6.61 Å². The summed E-state index contributed by atoms with van der Waals surface area (Å²) in [4.78, 5) is 0. The Morgan fingerprint density at radius 3 is 2.56 bits per heavy atom. The molecule has 0 aromatic rings. The van der Waals surface area contributed by atoms with Gasteiger partial charge < -0.3 is 14.6 Å². The van der Waals surface area contributed by atoms with Crippen LogP contribution >= 0.6 is 0 Å². The minimum atomic E-state index is -0.262. The quantitative estimate of drug-likeness (QED) is 0.805. The van der Waals surface area contributed by atoms with Gasteiger partial charge in [0.1, 0.15) is 0 Å². The first-order valence-electron chi connectivity index (χ1n) is 6.77. The lowest BCUT2D eigenvalue weighted by Crippen LogP contribution is -2.32. The monoisotopic (exact) mass is 228 g/mol. The van der Waals surface area contributed by atoms with Crippen molar-refractivity contribution < 1.29 is 14.6 Å². The predicted octanol–water partition coefficient (Wildman–Crippen LogP) is 2.27. The normalized spacial score (nSPS) is 36.9. The van der Waals surface area contributed by atoms with Crippen LogP contribution in [0.3, 0.4) is 0 Å². The number of rotatable bonds is 3. The van der Waals surface area contributed by atoms with Gasteiger partial charge in [-0.25, -0.2) is 0 Å². The molecule has 1 N–H and O–H groups in total. The molecule has 0 amide bonds. The predicted molar refractivity (Wildman–Crippen MR) is 62.4 cm³/mol. The zero-order chi connectivity index (χ0) is 11.2. The lowest BCUT2D eigenvalue weighted by molar-refractivity contribution is -0.0788. The molecule has 3 unspecified atom stereocenters. The van der Waals surface area contributed by atoms with Crippen LogP contribution in [-0.2, 0) is 9.47 Å². The summed E-state index contributed by atoms with van der Waals surface area (Å²) in [6.07, 6.45) is 9.11. The fourth-order valence-electron chi connectivity index (χ4n) is 2.63. The molecule has 1 saturated heterocycles. The SMILES string of the molecule is OC1CCCCCCC1OCC1CCCO1. The van der Waals surface area contributed by atoms with E-state index in [-0.39, 0.29) is 18.3 Å². The lowest BCUT2D eigenvalue weighted by Gasteiger charge is -2.26. The highest BCUT2D eigenvalue weighted by molar-refractivity contribution is 4.73. The molecule has 2 fully saturated rings. The van der Waals surface area contributed by atoms with Crippen molar-refractivity contribution in [3.63, 3.8) is 0 Å². The van der Waals surface area contributed by atoms with Crippen LogP contribution in [0.4, 0.5) is 0 Å². The van der Waals surface area contributed by atoms with E-state index in [9.17, 15) is 5.11 Å². The Balaban J connectivity index is 1.71. The van der Waals surface area contributed by atoms with Gasteiger partial charge in [0.15, 0.2) is 0 Å². The average Bonchev–Trinajstić information content (AvgIpc) is 2.76. The van der Waals surface area contributed by atoms with Gasteiger partial charge in [0, 0.05) is 6.61 Å². The topological polar surface area (TPSA) is 38.7 Å². The molecule has 0 bridgehead atoms. The van der Waals surface area contributed by atoms with Crippen LogP contribution < -0.4 is 0 Å². The molecule has 1 aliphatic carbocycles. The molecule has 3 heteroatoms. The molecule has 2 aliphatic rings. The summed E-state index contributed by atoms with van der Waals surface area (Å²) in [5.74, 6) is 0. The molecule has 94 valence electrons. The molecule has 1 heterocycles. The van der Waals surface area contributed by atoms with E-state index in [1.165, 1.54) is 19.3 Å². The van der Waals surface area contributed by atoms with Crippen molar-refractivity contribution in [2.75, 3.05) is 13.2 Å². The van der Waals surface area contributed by atoms with Gasteiger partial charge in [-0.3, -0.25) is 0 Å². The second-order valence-electron chi connectivity index (χ2n) is 5.07. The van der Waals surface area contributed by atoms with Crippen molar-refractivity contribution >= 4 is 0 Å². The Morgan fingerprint density at radius 1 is 1.00 bits per heavy atom. The third kappa shape index (κ3) is 3.72. The standard InChI is InChI=1S/C13H24O3/c14-12-7-3-1-2-4-8-13(12)16-10-11-6-5-9-15-11/h11-14H,1-10H2. The summed E-state index contributed by atoms with van der Waals surface area (Å²) in [7, 11) is 0. The molecule has 0 radical (unpaired) electrons. The number of ether oxygens (including phenoxy) is 2. The van der Waals surface area contributed by atoms with Crippen LogP contribution in [0.15, 0.2) is 0 Å². The average molecular weight is 228 g/mol. The molecule has 16 heavy (non-hydrogen) atoms. The largest absolute Gasteiger partial charge is 0.390 e. The van der Waals surface area contributed by atoms with Gasteiger partial charge in [0.2, 0.25) is 0 Å². The number of hydrogen-bond donors (Lipinski definition) is 1. The summed E-state index contributed by atoms with van der Waals surface area (Å²) < 4.78 is 11.4. The van der Waals surface area contributed by atoms with Gasteiger partial charge in [-0.2, -0.15) is 0 Å². The maximum absolute atomic E-state index is 9.98. The number of aliphatic hydroxyl groups excluding tert-OH is 1. The molecule has 3 atom stereocenters. The van der Waals surface area contributed by atoms with Crippen LogP contribution in [0.25, 0.3) is 0 Å². The number of aliphatic hydroxyl groups is 1. The smallest absolute Gasteiger partial charge is 0.0835 e. The van der Waals surface area contributed by atoms with Crippen LogP contribution in [-0.4, -0.2) is 36.6 Å². The maximum atomic E-state index is 9.98. The van der Waals surface area contributed by atoms with E-state index in [1.54, 1.807) is 0 Å². The minimum absolute atomic E-state index is 0.0458. The van der Waals surface area contributed by atoms with Crippen molar-refractivity contribution in [1.82, 2.24) is 0 Å². The van der Waals surface area contributed by atoms with Gasteiger partial charge in [-0.05, 0) is 25.7 Å². The molecule has 0 spiro atoms. The highest BCUT2D eigenvalue weighted by Crippen LogP contribution is 2.21.